The van der Waals surface area contributed by atoms with E-state index in [4.69, 9.17) is 0 Å². The lowest BCUT2D eigenvalue weighted by molar-refractivity contribution is -0.132. The number of amides is 2. The zero-order chi connectivity index (χ0) is 13.4. The summed E-state index contributed by atoms with van der Waals surface area (Å²) >= 11 is 0. The molecule has 104 valence electrons. The fourth-order valence-electron chi connectivity index (χ4n) is 2.04. The molecular formula is C13H25N3O2. The van der Waals surface area contributed by atoms with Gasteiger partial charge in [0.25, 0.3) is 0 Å². The zero-order valence-electron chi connectivity index (χ0n) is 11.6. The van der Waals surface area contributed by atoms with E-state index in [0.29, 0.717) is 25.9 Å². The van der Waals surface area contributed by atoms with Gasteiger partial charge < -0.3 is 15.1 Å². The normalized spacial score (nSPS) is 15.6. The molecule has 1 saturated heterocycles. The van der Waals surface area contributed by atoms with Crippen molar-refractivity contribution in [2.75, 3.05) is 40.3 Å². The third-order valence-electron chi connectivity index (χ3n) is 3.24. The Bertz CT molecular complexity index is 273. The standard InChI is InChI=1S/C13H25N3O2/c1-15(2)12(17)6-8-14-9-7-13(18)16-10-4-3-5-11-16/h14H,3-11H2,1-2H3. The molecule has 0 radical (unpaired) electrons. The number of piperidine rings is 1. The Kier molecular flexibility index (Phi) is 6.72. The Balaban J connectivity index is 2.03. The topological polar surface area (TPSA) is 52.7 Å². The smallest absolute Gasteiger partial charge is 0.223 e. The van der Waals surface area contributed by atoms with Crippen LogP contribution >= 0.6 is 0 Å². The number of nitrogens with one attached hydrogen (secondary N) is 1. The molecule has 1 aliphatic rings. The van der Waals surface area contributed by atoms with Crippen LogP contribution in [0.15, 0.2) is 0 Å². The van der Waals surface area contributed by atoms with E-state index in [-0.39, 0.29) is 11.8 Å². The first-order chi connectivity index (χ1) is 8.61. The summed E-state index contributed by atoms with van der Waals surface area (Å²) in [4.78, 5) is 26.7. The molecule has 0 aromatic rings. The maximum atomic E-state index is 11.8. The van der Waals surface area contributed by atoms with E-state index in [1.807, 2.05) is 4.90 Å². The molecule has 0 aromatic carbocycles. The summed E-state index contributed by atoms with van der Waals surface area (Å²) in [7, 11) is 3.50. The first-order valence-electron chi connectivity index (χ1n) is 6.80. The van der Waals surface area contributed by atoms with Crippen LogP contribution in [-0.4, -0.2) is 61.9 Å². The number of hydrogen-bond acceptors (Lipinski definition) is 3. The summed E-state index contributed by atoms with van der Waals surface area (Å²) in [6, 6.07) is 0. The number of carbonyl (C=O) groups excluding carboxylic acids is 2. The minimum Gasteiger partial charge on any atom is -0.349 e. The minimum atomic E-state index is 0.116. The molecule has 5 heteroatoms. The van der Waals surface area contributed by atoms with Gasteiger partial charge in [-0.3, -0.25) is 9.59 Å². The maximum Gasteiger partial charge on any atom is 0.223 e. The number of hydrogen-bond donors (Lipinski definition) is 1. The van der Waals surface area contributed by atoms with Crippen LogP contribution in [0.3, 0.4) is 0 Å². The summed E-state index contributed by atoms with van der Waals surface area (Å²) < 4.78 is 0. The van der Waals surface area contributed by atoms with Gasteiger partial charge >= 0.3 is 0 Å². The molecule has 1 N–H and O–H groups in total. The molecule has 0 aromatic heterocycles. The summed E-state index contributed by atoms with van der Waals surface area (Å²) in [6.07, 6.45) is 4.54. The summed E-state index contributed by atoms with van der Waals surface area (Å²) in [5.74, 6) is 0.353. The van der Waals surface area contributed by atoms with Gasteiger partial charge in [-0.1, -0.05) is 0 Å². The van der Waals surface area contributed by atoms with Crippen molar-refractivity contribution >= 4 is 11.8 Å². The van der Waals surface area contributed by atoms with Gasteiger partial charge in [0.2, 0.25) is 11.8 Å². The molecule has 0 spiro atoms. The quantitative estimate of drug-likeness (QED) is 0.701. The molecule has 0 saturated carbocycles. The van der Waals surface area contributed by atoms with E-state index in [9.17, 15) is 9.59 Å². The third kappa shape index (κ3) is 5.49. The molecule has 0 aliphatic carbocycles. The molecule has 1 heterocycles. The maximum absolute atomic E-state index is 11.8. The molecular weight excluding hydrogens is 230 g/mol. The van der Waals surface area contributed by atoms with Crippen LogP contribution in [0, 0.1) is 0 Å². The molecule has 1 aliphatic heterocycles. The third-order valence-corrected chi connectivity index (χ3v) is 3.24. The Morgan fingerprint density at radius 3 is 2.28 bits per heavy atom. The van der Waals surface area contributed by atoms with Crippen LogP contribution in [0.25, 0.3) is 0 Å². The summed E-state index contributed by atoms with van der Waals surface area (Å²) in [5.41, 5.74) is 0. The van der Waals surface area contributed by atoms with Gasteiger partial charge in [0.05, 0.1) is 0 Å². The Morgan fingerprint density at radius 1 is 1.06 bits per heavy atom. The fourth-order valence-corrected chi connectivity index (χ4v) is 2.04. The van der Waals surface area contributed by atoms with Crippen LogP contribution in [0.1, 0.15) is 32.1 Å². The van der Waals surface area contributed by atoms with Gasteiger partial charge in [-0.05, 0) is 19.3 Å². The predicted molar refractivity (Wildman–Crippen MR) is 71.2 cm³/mol. The fraction of sp³-hybridized carbons (Fsp3) is 0.846. The second kappa shape index (κ2) is 8.08. The van der Waals surface area contributed by atoms with Gasteiger partial charge in [-0.2, -0.15) is 0 Å². The average molecular weight is 255 g/mol. The van der Waals surface area contributed by atoms with Crippen molar-refractivity contribution in [1.82, 2.24) is 15.1 Å². The van der Waals surface area contributed by atoms with E-state index in [2.05, 4.69) is 5.32 Å². The van der Waals surface area contributed by atoms with E-state index in [0.717, 1.165) is 25.9 Å². The van der Waals surface area contributed by atoms with Crippen LogP contribution < -0.4 is 5.32 Å². The Labute approximate surface area is 110 Å². The van der Waals surface area contributed by atoms with Gasteiger partial charge in [0.1, 0.15) is 0 Å². The zero-order valence-corrected chi connectivity index (χ0v) is 11.6. The second-order valence-corrected chi connectivity index (χ2v) is 4.98. The molecule has 0 unspecified atom stereocenters. The van der Waals surface area contributed by atoms with Crippen molar-refractivity contribution < 1.29 is 9.59 Å². The van der Waals surface area contributed by atoms with Crippen LogP contribution in [0.5, 0.6) is 0 Å². The molecule has 0 bridgehead atoms. The lowest BCUT2D eigenvalue weighted by atomic mass is 10.1. The highest BCUT2D eigenvalue weighted by Gasteiger charge is 2.15. The van der Waals surface area contributed by atoms with E-state index in [1.54, 1.807) is 19.0 Å². The number of nitrogens with zero attached hydrogens (tertiary/aromatic N) is 2. The lowest BCUT2D eigenvalue weighted by Gasteiger charge is -2.26. The SMILES string of the molecule is CN(C)C(=O)CCNCCC(=O)N1CCCCC1. The highest BCUT2D eigenvalue weighted by molar-refractivity contribution is 5.76. The van der Waals surface area contributed by atoms with Crippen LogP contribution in [0.4, 0.5) is 0 Å². The van der Waals surface area contributed by atoms with Crippen molar-refractivity contribution in [1.29, 1.82) is 0 Å². The highest BCUT2D eigenvalue weighted by atomic mass is 16.2. The summed E-state index contributed by atoms with van der Waals surface area (Å²) in [5, 5.41) is 3.15. The number of rotatable bonds is 6. The van der Waals surface area contributed by atoms with E-state index >= 15 is 0 Å². The van der Waals surface area contributed by atoms with Crippen molar-refractivity contribution in [3.05, 3.63) is 0 Å². The number of carbonyl (C=O) groups is 2. The number of likely N-dealkylation sites (tertiary alicyclic amines) is 1. The molecule has 5 nitrogen and oxygen atoms in total. The predicted octanol–water partition coefficient (Wildman–Crippen LogP) is 0.457. The second-order valence-electron chi connectivity index (χ2n) is 4.98. The molecule has 2 amide bonds. The lowest BCUT2D eigenvalue weighted by Crippen LogP contribution is -2.37. The highest BCUT2D eigenvalue weighted by Crippen LogP contribution is 2.09. The van der Waals surface area contributed by atoms with Crippen molar-refractivity contribution in [3.63, 3.8) is 0 Å². The van der Waals surface area contributed by atoms with E-state index < -0.39 is 0 Å². The van der Waals surface area contributed by atoms with Gasteiger partial charge in [-0.15, -0.1) is 0 Å². The van der Waals surface area contributed by atoms with Crippen molar-refractivity contribution in [3.8, 4) is 0 Å². The minimum absolute atomic E-state index is 0.116. The monoisotopic (exact) mass is 255 g/mol. The first kappa shape index (κ1) is 15.0. The van der Waals surface area contributed by atoms with Gasteiger partial charge in [0.15, 0.2) is 0 Å². The van der Waals surface area contributed by atoms with Gasteiger partial charge in [-0.25, -0.2) is 0 Å². The van der Waals surface area contributed by atoms with Crippen LogP contribution in [0.2, 0.25) is 0 Å². The first-order valence-corrected chi connectivity index (χ1v) is 6.80. The van der Waals surface area contributed by atoms with Gasteiger partial charge in [0, 0.05) is 53.1 Å². The average Bonchev–Trinajstić information content (AvgIpc) is 2.38. The van der Waals surface area contributed by atoms with Crippen LogP contribution in [-0.2, 0) is 9.59 Å². The Hall–Kier alpha value is -1.10. The molecule has 0 atom stereocenters. The van der Waals surface area contributed by atoms with Crippen molar-refractivity contribution in [2.24, 2.45) is 0 Å². The Morgan fingerprint density at radius 2 is 1.67 bits per heavy atom. The summed E-state index contributed by atoms with van der Waals surface area (Å²) in [6.45, 7) is 3.14. The molecule has 18 heavy (non-hydrogen) atoms. The largest absolute Gasteiger partial charge is 0.349 e. The van der Waals surface area contributed by atoms with Crippen molar-refractivity contribution in [2.45, 2.75) is 32.1 Å². The molecule has 1 rings (SSSR count). The molecule has 1 fully saturated rings. The van der Waals surface area contributed by atoms with E-state index in [1.165, 1.54) is 6.42 Å².